The van der Waals surface area contributed by atoms with Gasteiger partial charge in [-0.1, -0.05) is 47.5 Å². The van der Waals surface area contributed by atoms with E-state index in [4.69, 9.17) is 40.4 Å². The number of nitrogens with zero attached hydrogens (tertiary/aromatic N) is 2. The molecule has 2 aromatic carbocycles. The first-order chi connectivity index (χ1) is 11.9. The topological polar surface area (TPSA) is 104 Å². The minimum atomic E-state index is 0.0912. The molecule has 126 valence electrons. The lowest BCUT2D eigenvalue weighted by molar-refractivity contribution is 1.18. The molecule has 0 radical (unpaired) electrons. The minimum Gasteiger partial charge on any atom is -0.399 e. The van der Waals surface area contributed by atoms with Crippen LogP contribution in [0.4, 0.5) is 17.5 Å². The van der Waals surface area contributed by atoms with Gasteiger partial charge >= 0.3 is 0 Å². The van der Waals surface area contributed by atoms with Crippen LogP contribution in [0.5, 0.6) is 0 Å². The third-order valence-corrected chi connectivity index (χ3v) is 4.27. The van der Waals surface area contributed by atoms with Crippen LogP contribution in [0, 0.1) is 0 Å². The summed E-state index contributed by atoms with van der Waals surface area (Å²) in [4.78, 5) is 8.34. The quantitative estimate of drug-likeness (QED) is 0.593. The fourth-order valence-electron chi connectivity index (χ4n) is 2.42. The van der Waals surface area contributed by atoms with Crippen molar-refractivity contribution in [2.75, 3.05) is 17.2 Å². The molecule has 0 unspecified atom stereocenters. The maximum absolute atomic E-state index is 6.12. The van der Waals surface area contributed by atoms with Crippen LogP contribution in [-0.2, 0) is 0 Å². The molecule has 0 saturated heterocycles. The molecule has 0 fully saturated rings. The number of anilines is 3. The maximum Gasteiger partial charge on any atom is 0.222 e. The second kappa shape index (κ2) is 7.01. The Bertz CT molecular complexity index is 970. The van der Waals surface area contributed by atoms with E-state index in [0.717, 1.165) is 11.1 Å². The highest BCUT2D eigenvalue weighted by molar-refractivity contribution is 6.42. The maximum atomic E-state index is 6.12. The Hall–Kier alpha value is -2.76. The van der Waals surface area contributed by atoms with E-state index in [-0.39, 0.29) is 11.8 Å². The van der Waals surface area contributed by atoms with Gasteiger partial charge in [0.1, 0.15) is 5.82 Å². The zero-order valence-electron chi connectivity index (χ0n) is 13.1. The Kier molecular flexibility index (Phi) is 4.79. The number of nitrogens with two attached hydrogens (primary N) is 3. The zero-order chi connectivity index (χ0) is 18.0. The van der Waals surface area contributed by atoms with Crippen LogP contribution in [0.3, 0.4) is 0 Å². The summed E-state index contributed by atoms with van der Waals surface area (Å²) >= 11 is 12.1. The molecule has 0 atom stereocenters. The van der Waals surface area contributed by atoms with Crippen LogP contribution in [0.25, 0.3) is 23.3 Å². The number of halogens is 2. The van der Waals surface area contributed by atoms with Crippen molar-refractivity contribution in [2.24, 2.45) is 0 Å². The molecule has 1 aromatic heterocycles. The van der Waals surface area contributed by atoms with Crippen molar-refractivity contribution < 1.29 is 0 Å². The van der Waals surface area contributed by atoms with Gasteiger partial charge in [0.05, 0.1) is 15.7 Å². The first kappa shape index (κ1) is 17.1. The lowest BCUT2D eigenvalue weighted by Crippen LogP contribution is -2.04. The molecular formula is C18H15Cl2N5. The van der Waals surface area contributed by atoms with E-state index in [9.17, 15) is 0 Å². The highest BCUT2D eigenvalue weighted by Gasteiger charge is 2.13. The van der Waals surface area contributed by atoms with Crippen molar-refractivity contribution in [2.45, 2.75) is 0 Å². The van der Waals surface area contributed by atoms with Gasteiger partial charge in [0, 0.05) is 11.3 Å². The molecule has 0 bridgehead atoms. The highest BCUT2D eigenvalue weighted by Crippen LogP contribution is 2.33. The number of rotatable bonds is 3. The van der Waals surface area contributed by atoms with Crippen LogP contribution in [-0.4, -0.2) is 9.97 Å². The smallest absolute Gasteiger partial charge is 0.222 e. The summed E-state index contributed by atoms with van der Waals surface area (Å²) in [5.41, 5.74) is 21.2. The predicted molar refractivity (Wildman–Crippen MR) is 106 cm³/mol. The number of hydrogen-bond acceptors (Lipinski definition) is 5. The molecule has 1 heterocycles. The van der Waals surface area contributed by atoms with Crippen molar-refractivity contribution in [3.63, 3.8) is 0 Å². The summed E-state index contributed by atoms with van der Waals surface area (Å²) in [6, 6.07) is 12.7. The van der Waals surface area contributed by atoms with Gasteiger partial charge in [-0.3, -0.25) is 0 Å². The monoisotopic (exact) mass is 371 g/mol. The minimum absolute atomic E-state index is 0.0912. The molecule has 0 amide bonds. The zero-order valence-corrected chi connectivity index (χ0v) is 14.6. The Morgan fingerprint density at radius 3 is 2.36 bits per heavy atom. The fraction of sp³-hybridized carbons (Fsp3) is 0. The van der Waals surface area contributed by atoms with Crippen molar-refractivity contribution in [3.05, 3.63) is 63.8 Å². The van der Waals surface area contributed by atoms with Crippen molar-refractivity contribution in [1.82, 2.24) is 9.97 Å². The standard InChI is InChI=1S/C18H15Cl2N5/c19-13-6-5-11(9-14(13)20)16-15(24-18(23)25-17(16)22)7-4-10-2-1-3-12(21)8-10/h1-9H,21H2,(H4,22,23,24,25)/b7-4+. The Labute approximate surface area is 155 Å². The van der Waals surface area contributed by atoms with E-state index < -0.39 is 0 Å². The van der Waals surface area contributed by atoms with Gasteiger partial charge in [-0.15, -0.1) is 0 Å². The van der Waals surface area contributed by atoms with E-state index in [1.807, 2.05) is 30.3 Å². The Morgan fingerprint density at radius 1 is 0.840 bits per heavy atom. The third kappa shape index (κ3) is 3.84. The van der Waals surface area contributed by atoms with Crippen molar-refractivity contribution in [1.29, 1.82) is 0 Å². The number of nitrogen functional groups attached to an aromatic ring is 3. The summed E-state index contributed by atoms with van der Waals surface area (Å²) < 4.78 is 0. The number of aromatic nitrogens is 2. The molecule has 3 rings (SSSR count). The van der Waals surface area contributed by atoms with Crippen LogP contribution in [0.1, 0.15) is 11.3 Å². The van der Waals surface area contributed by atoms with Crippen LogP contribution in [0.2, 0.25) is 10.0 Å². The van der Waals surface area contributed by atoms with Crippen LogP contribution < -0.4 is 17.2 Å². The van der Waals surface area contributed by atoms with Gasteiger partial charge in [0.2, 0.25) is 5.95 Å². The molecular weight excluding hydrogens is 357 g/mol. The predicted octanol–water partition coefficient (Wildman–Crippen LogP) is 4.37. The molecule has 7 heteroatoms. The average molecular weight is 372 g/mol. The largest absolute Gasteiger partial charge is 0.399 e. The summed E-state index contributed by atoms with van der Waals surface area (Å²) in [6.45, 7) is 0. The van der Waals surface area contributed by atoms with Gasteiger partial charge in [-0.2, -0.15) is 4.98 Å². The van der Waals surface area contributed by atoms with E-state index in [1.165, 1.54) is 0 Å². The van der Waals surface area contributed by atoms with E-state index in [2.05, 4.69) is 9.97 Å². The lowest BCUT2D eigenvalue weighted by Gasteiger charge is -2.10. The highest BCUT2D eigenvalue weighted by atomic mass is 35.5. The summed E-state index contributed by atoms with van der Waals surface area (Å²) in [6.07, 6.45) is 3.68. The fourth-order valence-corrected chi connectivity index (χ4v) is 2.72. The number of benzene rings is 2. The first-order valence-electron chi connectivity index (χ1n) is 7.36. The molecule has 25 heavy (non-hydrogen) atoms. The van der Waals surface area contributed by atoms with Crippen molar-refractivity contribution >= 4 is 52.8 Å². The molecule has 0 saturated carbocycles. The molecule has 5 nitrogen and oxygen atoms in total. The normalized spacial score (nSPS) is 11.1. The average Bonchev–Trinajstić information content (AvgIpc) is 2.55. The SMILES string of the molecule is Nc1cccc(/C=C/c2nc(N)nc(N)c2-c2ccc(Cl)c(Cl)c2)c1. The van der Waals surface area contributed by atoms with Gasteiger partial charge in [-0.05, 0) is 41.5 Å². The van der Waals surface area contributed by atoms with Gasteiger partial charge in [0.15, 0.2) is 0 Å². The van der Waals surface area contributed by atoms with E-state index in [1.54, 1.807) is 24.3 Å². The number of hydrogen-bond donors (Lipinski definition) is 3. The van der Waals surface area contributed by atoms with Gasteiger partial charge in [0.25, 0.3) is 0 Å². The van der Waals surface area contributed by atoms with Crippen molar-refractivity contribution in [3.8, 4) is 11.1 Å². The molecule has 0 aliphatic carbocycles. The molecule has 0 aliphatic rings. The van der Waals surface area contributed by atoms with Gasteiger partial charge < -0.3 is 17.2 Å². The third-order valence-electron chi connectivity index (χ3n) is 3.53. The van der Waals surface area contributed by atoms with Crippen LogP contribution in [0.15, 0.2) is 42.5 Å². The second-order valence-corrected chi connectivity index (χ2v) is 6.17. The lowest BCUT2D eigenvalue weighted by atomic mass is 10.0. The van der Waals surface area contributed by atoms with Gasteiger partial charge in [-0.25, -0.2) is 4.98 Å². The first-order valence-corrected chi connectivity index (χ1v) is 8.11. The molecule has 0 aliphatic heterocycles. The molecule has 6 N–H and O–H groups in total. The second-order valence-electron chi connectivity index (χ2n) is 5.36. The summed E-state index contributed by atoms with van der Waals surface area (Å²) in [5, 5.41) is 0.873. The Morgan fingerprint density at radius 2 is 1.64 bits per heavy atom. The molecule has 3 aromatic rings. The summed E-state index contributed by atoms with van der Waals surface area (Å²) in [5.74, 6) is 0.353. The summed E-state index contributed by atoms with van der Waals surface area (Å²) in [7, 11) is 0. The molecule has 0 spiro atoms. The van der Waals surface area contributed by atoms with Crippen LogP contribution >= 0.6 is 23.2 Å². The van der Waals surface area contributed by atoms with E-state index in [0.29, 0.717) is 27.0 Å². The van der Waals surface area contributed by atoms with E-state index >= 15 is 0 Å². The Balaban J connectivity index is 2.11.